The fraction of sp³-hybridized carbons (Fsp3) is 0.111. The lowest BCUT2D eigenvalue weighted by Gasteiger charge is -2.10. The van der Waals surface area contributed by atoms with Gasteiger partial charge in [-0.05, 0) is 67.1 Å². The minimum absolute atomic E-state index is 0.0952. The maximum atomic E-state index is 9.03. The lowest BCUT2D eigenvalue weighted by molar-refractivity contribution is 0.697. The van der Waals surface area contributed by atoms with Crippen LogP contribution in [0.15, 0.2) is 59.7 Å². The van der Waals surface area contributed by atoms with E-state index in [2.05, 4.69) is 35.8 Å². The average molecular weight is 508 g/mol. The molecule has 4 aromatic rings. The summed E-state index contributed by atoms with van der Waals surface area (Å²) in [6.07, 6.45) is 4.22. The van der Waals surface area contributed by atoms with E-state index in [1.54, 1.807) is 46.2 Å². The molecule has 0 radical (unpaired) electrons. The number of rotatable bonds is 7. The van der Waals surface area contributed by atoms with Gasteiger partial charge in [0.15, 0.2) is 0 Å². The van der Waals surface area contributed by atoms with Gasteiger partial charge in [-0.2, -0.15) is 21.0 Å². The van der Waals surface area contributed by atoms with Gasteiger partial charge in [0.1, 0.15) is 35.4 Å². The van der Waals surface area contributed by atoms with Crippen molar-refractivity contribution in [3.63, 3.8) is 0 Å². The maximum absolute atomic E-state index is 9.03. The smallest absolute Gasteiger partial charge is 0.131 e. The van der Waals surface area contributed by atoms with E-state index in [1.807, 2.05) is 48.5 Å². The van der Waals surface area contributed by atoms with E-state index in [0.717, 1.165) is 53.6 Å². The van der Waals surface area contributed by atoms with Gasteiger partial charge in [0.05, 0.1) is 21.1 Å². The minimum atomic E-state index is 0.0952. The van der Waals surface area contributed by atoms with Crippen LogP contribution in [0.4, 0.5) is 0 Å². The van der Waals surface area contributed by atoms with E-state index in [1.165, 1.54) is 0 Å². The van der Waals surface area contributed by atoms with E-state index < -0.39 is 0 Å². The maximum Gasteiger partial charge on any atom is 0.131 e. The Morgan fingerprint density at radius 1 is 0.657 bits per heavy atom. The molecule has 0 fully saturated rings. The van der Waals surface area contributed by atoms with Crippen molar-refractivity contribution in [1.29, 1.82) is 21.0 Å². The Bertz CT molecular complexity index is 1580. The molecule has 35 heavy (non-hydrogen) atoms. The molecule has 0 N–H and O–H groups in total. The van der Waals surface area contributed by atoms with E-state index in [9.17, 15) is 0 Å². The first-order chi connectivity index (χ1) is 17.1. The van der Waals surface area contributed by atoms with E-state index in [0.29, 0.717) is 0 Å². The predicted octanol–water partition coefficient (Wildman–Crippen LogP) is 7.94. The van der Waals surface area contributed by atoms with Gasteiger partial charge in [0.2, 0.25) is 0 Å². The van der Waals surface area contributed by atoms with Crippen molar-refractivity contribution >= 4 is 46.2 Å². The third-order valence-electron chi connectivity index (χ3n) is 5.09. The van der Waals surface area contributed by atoms with Crippen molar-refractivity contribution in [3.8, 4) is 55.2 Å². The van der Waals surface area contributed by atoms with Crippen molar-refractivity contribution in [2.24, 2.45) is 0 Å². The lowest BCUT2D eigenvalue weighted by Crippen LogP contribution is -2.00. The highest BCUT2D eigenvalue weighted by molar-refractivity contribution is 7.24. The van der Waals surface area contributed by atoms with E-state index in [4.69, 9.17) is 21.0 Å². The third-order valence-corrected chi connectivity index (χ3v) is 8.48. The first-order valence-electron chi connectivity index (χ1n) is 10.6. The summed E-state index contributed by atoms with van der Waals surface area (Å²) in [6.45, 7) is 3.02. The number of thiophene rings is 3. The second kappa shape index (κ2) is 10.8. The van der Waals surface area contributed by atoms with Crippen LogP contribution >= 0.6 is 34.0 Å². The van der Waals surface area contributed by atoms with Crippen molar-refractivity contribution in [1.82, 2.24) is 4.57 Å². The minimum Gasteiger partial charge on any atom is -0.339 e. The van der Waals surface area contributed by atoms with Crippen LogP contribution in [0.3, 0.4) is 0 Å². The second-order valence-corrected chi connectivity index (χ2v) is 10.7. The summed E-state index contributed by atoms with van der Waals surface area (Å²) >= 11 is 4.83. The summed E-state index contributed by atoms with van der Waals surface area (Å²) in [5.41, 5.74) is 2.45. The van der Waals surface area contributed by atoms with Gasteiger partial charge in [0.25, 0.3) is 0 Å². The van der Waals surface area contributed by atoms with E-state index in [-0.39, 0.29) is 11.1 Å². The molecule has 0 aromatic carbocycles. The molecule has 0 saturated heterocycles. The van der Waals surface area contributed by atoms with Crippen LogP contribution in [-0.2, 0) is 6.54 Å². The molecule has 0 atom stereocenters. The molecular weight excluding hydrogens is 491 g/mol. The first-order valence-corrected chi connectivity index (χ1v) is 13.1. The molecule has 0 unspecified atom stereocenters. The Kier molecular flexibility index (Phi) is 7.41. The molecule has 4 heterocycles. The van der Waals surface area contributed by atoms with Gasteiger partial charge in [0, 0.05) is 26.1 Å². The number of hydrogen-bond acceptors (Lipinski definition) is 7. The van der Waals surface area contributed by atoms with Crippen molar-refractivity contribution < 1.29 is 0 Å². The fourth-order valence-corrected chi connectivity index (χ4v) is 6.63. The molecule has 0 aliphatic rings. The molecule has 0 aliphatic carbocycles. The van der Waals surface area contributed by atoms with Crippen LogP contribution in [0.25, 0.3) is 43.0 Å². The summed E-state index contributed by atoms with van der Waals surface area (Å²) in [5.74, 6) is 0. The number of allylic oxidation sites excluding steroid dienone is 2. The molecule has 0 aliphatic heterocycles. The SMILES string of the molecule is CCCn1c(-c2ccc(C=C(C#N)C#N)s2)ccc1-c1ccc(-c2ccc(C=C(C#N)C#N)s2)s1. The van der Waals surface area contributed by atoms with Gasteiger partial charge < -0.3 is 4.57 Å². The average Bonchev–Trinajstić information content (AvgIpc) is 3.67. The number of nitriles is 4. The zero-order chi connectivity index (χ0) is 24.8. The van der Waals surface area contributed by atoms with Gasteiger partial charge in [-0.15, -0.1) is 34.0 Å². The van der Waals surface area contributed by atoms with Crippen molar-refractivity contribution in [2.75, 3.05) is 0 Å². The quantitative estimate of drug-likeness (QED) is 0.237. The second-order valence-electron chi connectivity index (χ2n) is 7.39. The molecule has 0 saturated carbocycles. The topological polar surface area (TPSA) is 100 Å². The molecule has 0 bridgehead atoms. The summed E-state index contributed by atoms with van der Waals surface area (Å²) in [7, 11) is 0. The number of hydrogen-bond donors (Lipinski definition) is 0. The Labute approximate surface area is 215 Å². The zero-order valence-corrected chi connectivity index (χ0v) is 21.1. The Morgan fingerprint density at radius 3 is 1.63 bits per heavy atom. The highest BCUT2D eigenvalue weighted by atomic mass is 32.1. The lowest BCUT2D eigenvalue weighted by atomic mass is 10.2. The molecule has 5 nitrogen and oxygen atoms in total. The summed E-state index contributed by atoms with van der Waals surface area (Å²) in [4.78, 5) is 6.23. The Hall–Kier alpha value is -4.18. The summed E-state index contributed by atoms with van der Waals surface area (Å²) in [6, 6.07) is 24.0. The molecular formula is C27H17N5S3. The predicted molar refractivity (Wildman–Crippen MR) is 143 cm³/mol. The summed E-state index contributed by atoms with van der Waals surface area (Å²) in [5, 5.41) is 36.1. The largest absolute Gasteiger partial charge is 0.339 e. The first kappa shape index (κ1) is 24.0. The Morgan fingerprint density at radius 2 is 1.09 bits per heavy atom. The summed E-state index contributed by atoms with van der Waals surface area (Å²) < 4.78 is 2.32. The van der Waals surface area contributed by atoms with Crippen LogP contribution in [0.1, 0.15) is 23.1 Å². The molecule has 4 rings (SSSR count). The molecule has 0 amide bonds. The number of aromatic nitrogens is 1. The van der Waals surface area contributed by atoms with E-state index >= 15 is 0 Å². The Balaban J connectivity index is 1.66. The molecule has 4 aromatic heterocycles. The molecule has 0 spiro atoms. The van der Waals surface area contributed by atoms with Crippen molar-refractivity contribution in [3.05, 3.63) is 69.4 Å². The highest BCUT2D eigenvalue weighted by Gasteiger charge is 2.15. The van der Waals surface area contributed by atoms with Crippen LogP contribution in [0.2, 0.25) is 0 Å². The fourth-order valence-electron chi connectivity index (χ4n) is 3.56. The van der Waals surface area contributed by atoms with Gasteiger partial charge in [-0.1, -0.05) is 6.92 Å². The zero-order valence-electron chi connectivity index (χ0n) is 18.6. The monoisotopic (exact) mass is 507 g/mol. The van der Waals surface area contributed by atoms with Gasteiger partial charge in [-0.25, -0.2) is 0 Å². The number of nitrogens with zero attached hydrogens (tertiary/aromatic N) is 5. The van der Waals surface area contributed by atoms with Gasteiger partial charge in [-0.3, -0.25) is 0 Å². The normalized spacial score (nSPS) is 9.97. The van der Waals surface area contributed by atoms with Gasteiger partial charge >= 0.3 is 0 Å². The van der Waals surface area contributed by atoms with Crippen LogP contribution < -0.4 is 0 Å². The third kappa shape index (κ3) is 5.17. The van der Waals surface area contributed by atoms with Crippen LogP contribution in [0, 0.1) is 45.3 Å². The van der Waals surface area contributed by atoms with Crippen molar-refractivity contribution in [2.45, 2.75) is 19.9 Å². The van der Waals surface area contributed by atoms with Crippen LogP contribution in [-0.4, -0.2) is 4.57 Å². The van der Waals surface area contributed by atoms with Crippen LogP contribution in [0.5, 0.6) is 0 Å². The highest BCUT2D eigenvalue weighted by Crippen LogP contribution is 2.40. The molecule has 8 heteroatoms. The molecule has 168 valence electrons. The standard InChI is InChI=1S/C27H17N5S3/c1-2-11-32-22(24-7-3-20(33-24)12-18(14-28)15-29)5-6-23(32)25-9-10-27(35-25)26-8-4-21(34-26)13-19(16-30)17-31/h3-10,12-13H,2,11H2,1H3.